The number of nitrogens with zero attached hydrogens (tertiary/aromatic N) is 1. The molecule has 136 valence electrons. The van der Waals surface area contributed by atoms with Crippen LogP contribution >= 0.6 is 11.3 Å². The molecule has 26 heavy (non-hydrogen) atoms. The van der Waals surface area contributed by atoms with Crippen LogP contribution < -0.4 is 11.3 Å². The molecule has 7 heteroatoms. The van der Waals surface area contributed by atoms with Crippen LogP contribution in [0.3, 0.4) is 0 Å². The van der Waals surface area contributed by atoms with Gasteiger partial charge in [-0.3, -0.25) is 5.43 Å². The Morgan fingerprint density at radius 2 is 1.92 bits per heavy atom. The van der Waals surface area contributed by atoms with E-state index < -0.39 is 18.0 Å². The van der Waals surface area contributed by atoms with Gasteiger partial charge in [0.05, 0.1) is 6.04 Å². The lowest BCUT2D eigenvalue weighted by Crippen LogP contribution is -2.45. The van der Waals surface area contributed by atoms with Crippen LogP contribution in [0.4, 0.5) is 4.79 Å². The zero-order chi connectivity index (χ0) is 18.7. The third-order valence-electron chi connectivity index (χ3n) is 4.21. The van der Waals surface area contributed by atoms with E-state index in [1.54, 1.807) is 18.3 Å². The molecule has 2 amide bonds. The fraction of sp³-hybridized carbons (Fsp3) is 0.263. The summed E-state index contributed by atoms with van der Waals surface area (Å²) in [6.45, 7) is 3.66. The lowest BCUT2D eigenvalue weighted by Gasteiger charge is -2.27. The largest absolute Gasteiger partial charge is 0.365 e. The van der Waals surface area contributed by atoms with Gasteiger partial charge in [-0.25, -0.2) is 15.4 Å². The second kappa shape index (κ2) is 7.72. The summed E-state index contributed by atoms with van der Waals surface area (Å²) in [6.07, 6.45) is 0.870. The van der Waals surface area contributed by atoms with Crippen molar-refractivity contribution in [3.8, 4) is 0 Å². The Morgan fingerprint density at radius 1 is 1.19 bits per heavy atom. The van der Waals surface area contributed by atoms with Gasteiger partial charge in [0.15, 0.2) is 0 Å². The number of nitrogens with two attached hydrogens (primary N) is 1. The van der Waals surface area contributed by atoms with Crippen LogP contribution in [0.15, 0.2) is 42.5 Å². The SMILES string of the molecule is CCCC(=O)ON(C(=O)NN)C(C)c1ccc2c(c1)sc1ccccc12. The normalized spacial score (nSPS) is 12.1. The highest BCUT2D eigenvalue weighted by molar-refractivity contribution is 7.25. The quantitative estimate of drug-likeness (QED) is 0.408. The van der Waals surface area contributed by atoms with Gasteiger partial charge < -0.3 is 4.84 Å². The van der Waals surface area contributed by atoms with Crippen LogP contribution in [0.2, 0.25) is 0 Å². The number of nitrogens with one attached hydrogen (secondary N) is 1. The number of rotatable bonds is 4. The number of hydrazine groups is 1. The highest BCUT2D eigenvalue weighted by Crippen LogP contribution is 2.35. The van der Waals surface area contributed by atoms with E-state index in [-0.39, 0.29) is 6.42 Å². The van der Waals surface area contributed by atoms with Crippen molar-refractivity contribution < 1.29 is 14.4 Å². The number of urea groups is 1. The average molecular weight is 371 g/mol. The first-order valence-electron chi connectivity index (χ1n) is 8.47. The predicted octanol–water partition coefficient (Wildman–Crippen LogP) is 4.26. The Morgan fingerprint density at radius 3 is 2.65 bits per heavy atom. The molecule has 0 fully saturated rings. The van der Waals surface area contributed by atoms with E-state index in [2.05, 4.69) is 12.1 Å². The maximum Gasteiger partial charge on any atom is 0.365 e. The fourth-order valence-corrected chi connectivity index (χ4v) is 4.01. The first-order valence-corrected chi connectivity index (χ1v) is 9.28. The lowest BCUT2D eigenvalue weighted by molar-refractivity contribution is -0.184. The monoisotopic (exact) mass is 371 g/mol. The minimum absolute atomic E-state index is 0.233. The van der Waals surface area contributed by atoms with Gasteiger partial charge in [0.25, 0.3) is 0 Å². The van der Waals surface area contributed by atoms with E-state index in [0.717, 1.165) is 15.3 Å². The smallest absolute Gasteiger partial charge is 0.336 e. The van der Waals surface area contributed by atoms with Gasteiger partial charge in [-0.2, -0.15) is 0 Å². The number of carbonyl (C=O) groups excluding carboxylic acids is 2. The summed E-state index contributed by atoms with van der Waals surface area (Å²) in [6, 6.07) is 13.1. The average Bonchev–Trinajstić information content (AvgIpc) is 3.03. The van der Waals surface area contributed by atoms with Crippen LogP contribution in [0, 0.1) is 0 Å². The molecule has 0 spiro atoms. The van der Waals surface area contributed by atoms with Crippen LogP contribution in [0.1, 0.15) is 38.3 Å². The predicted molar refractivity (Wildman–Crippen MR) is 103 cm³/mol. The van der Waals surface area contributed by atoms with Crippen molar-refractivity contribution in [2.75, 3.05) is 0 Å². The fourth-order valence-electron chi connectivity index (χ4n) is 2.86. The topological polar surface area (TPSA) is 84.7 Å². The number of hydrogen-bond acceptors (Lipinski definition) is 5. The second-order valence-corrected chi connectivity index (χ2v) is 7.10. The standard InChI is InChI=1S/C19H21N3O3S/c1-3-6-18(23)25-22(19(24)21-20)12(2)13-9-10-15-14-7-4-5-8-16(14)26-17(15)11-13/h4-5,7-12H,3,6,20H2,1-2H3,(H,21,24). The minimum Gasteiger partial charge on any atom is -0.336 e. The molecule has 0 bridgehead atoms. The lowest BCUT2D eigenvalue weighted by atomic mass is 10.1. The molecule has 6 nitrogen and oxygen atoms in total. The van der Waals surface area contributed by atoms with Crippen molar-refractivity contribution in [1.29, 1.82) is 0 Å². The molecule has 1 aromatic heterocycles. The van der Waals surface area contributed by atoms with Gasteiger partial charge in [0, 0.05) is 26.6 Å². The number of amides is 2. The van der Waals surface area contributed by atoms with Gasteiger partial charge in [-0.1, -0.05) is 37.3 Å². The zero-order valence-corrected chi connectivity index (χ0v) is 15.5. The summed E-state index contributed by atoms with van der Waals surface area (Å²) < 4.78 is 2.32. The Hall–Kier alpha value is -2.64. The summed E-state index contributed by atoms with van der Waals surface area (Å²) in [4.78, 5) is 29.2. The number of fused-ring (bicyclic) bond motifs is 3. The number of hydrogen-bond donors (Lipinski definition) is 2. The van der Waals surface area contributed by atoms with Gasteiger partial charge in [-0.15, -0.1) is 16.4 Å². The van der Waals surface area contributed by atoms with E-state index in [4.69, 9.17) is 10.7 Å². The van der Waals surface area contributed by atoms with Gasteiger partial charge in [0.2, 0.25) is 0 Å². The van der Waals surface area contributed by atoms with Crippen LogP contribution in [0.5, 0.6) is 0 Å². The maximum atomic E-state index is 12.1. The molecule has 1 unspecified atom stereocenters. The van der Waals surface area contributed by atoms with Gasteiger partial charge in [-0.05, 0) is 31.0 Å². The van der Waals surface area contributed by atoms with Crippen molar-refractivity contribution in [3.05, 3.63) is 48.0 Å². The highest BCUT2D eigenvalue weighted by Gasteiger charge is 2.25. The van der Waals surface area contributed by atoms with Crippen LogP contribution in [0.25, 0.3) is 20.2 Å². The van der Waals surface area contributed by atoms with Crippen molar-refractivity contribution in [2.45, 2.75) is 32.7 Å². The van der Waals surface area contributed by atoms with Gasteiger partial charge >= 0.3 is 12.0 Å². The molecule has 0 aliphatic heterocycles. The Balaban J connectivity index is 1.95. The summed E-state index contributed by atoms with van der Waals surface area (Å²) in [5, 5.41) is 3.36. The Bertz CT molecular complexity index is 954. The molecular weight excluding hydrogens is 350 g/mol. The van der Waals surface area contributed by atoms with Crippen LogP contribution in [-0.4, -0.2) is 17.1 Å². The zero-order valence-electron chi connectivity index (χ0n) is 14.7. The van der Waals surface area contributed by atoms with Crippen molar-refractivity contribution in [3.63, 3.8) is 0 Å². The van der Waals surface area contributed by atoms with Crippen LogP contribution in [-0.2, 0) is 9.63 Å². The van der Waals surface area contributed by atoms with E-state index in [1.807, 2.05) is 42.7 Å². The molecule has 3 N–H and O–H groups in total. The summed E-state index contributed by atoms with van der Waals surface area (Å²) in [5.41, 5.74) is 2.89. The summed E-state index contributed by atoms with van der Waals surface area (Å²) in [7, 11) is 0. The van der Waals surface area contributed by atoms with Crippen molar-refractivity contribution in [1.82, 2.24) is 10.5 Å². The Labute approximate surface area is 155 Å². The first-order chi connectivity index (χ1) is 12.5. The molecule has 3 aromatic rings. The van der Waals surface area contributed by atoms with E-state index in [0.29, 0.717) is 6.42 Å². The summed E-state index contributed by atoms with van der Waals surface area (Å²) in [5.74, 6) is 4.78. The Kier molecular flexibility index (Phi) is 5.39. The third-order valence-corrected chi connectivity index (χ3v) is 5.35. The number of benzene rings is 2. The molecule has 0 radical (unpaired) electrons. The highest BCUT2D eigenvalue weighted by atomic mass is 32.1. The first kappa shape index (κ1) is 18.2. The molecule has 2 aromatic carbocycles. The molecule has 3 rings (SSSR count). The summed E-state index contributed by atoms with van der Waals surface area (Å²) >= 11 is 1.69. The van der Waals surface area contributed by atoms with E-state index in [9.17, 15) is 9.59 Å². The molecule has 0 aliphatic rings. The number of carbonyl (C=O) groups is 2. The maximum absolute atomic E-state index is 12.1. The van der Waals surface area contributed by atoms with Gasteiger partial charge in [0.1, 0.15) is 0 Å². The third kappa shape index (κ3) is 3.49. The van der Waals surface area contributed by atoms with Crippen molar-refractivity contribution >= 4 is 43.5 Å². The molecular formula is C19H21N3O3S. The van der Waals surface area contributed by atoms with E-state index >= 15 is 0 Å². The number of thiophene rings is 1. The molecule has 0 saturated carbocycles. The minimum atomic E-state index is -0.668. The van der Waals surface area contributed by atoms with Crippen molar-refractivity contribution in [2.24, 2.45) is 5.84 Å². The van der Waals surface area contributed by atoms with E-state index in [1.165, 1.54) is 15.5 Å². The molecule has 0 aliphatic carbocycles. The molecule has 1 atom stereocenters. The number of hydroxylamine groups is 2. The second-order valence-electron chi connectivity index (χ2n) is 6.02. The molecule has 0 saturated heterocycles. The molecule has 1 heterocycles.